The van der Waals surface area contributed by atoms with Gasteiger partial charge in [0.25, 0.3) is 0 Å². The number of hydrogen-bond acceptors (Lipinski definition) is 5. The van der Waals surface area contributed by atoms with Crippen LogP contribution in [0.1, 0.15) is 23.0 Å². The second-order valence-corrected chi connectivity index (χ2v) is 4.06. The normalized spacial score (nSPS) is 10.8. The predicted octanol–water partition coefficient (Wildman–Crippen LogP) is 2.41. The highest BCUT2D eigenvalue weighted by Crippen LogP contribution is 2.36. The zero-order valence-electron chi connectivity index (χ0n) is 10.7. The van der Waals surface area contributed by atoms with Gasteiger partial charge in [0.2, 0.25) is 5.82 Å². The molecule has 20 heavy (non-hydrogen) atoms. The molecule has 0 fully saturated rings. The van der Waals surface area contributed by atoms with Crippen LogP contribution in [0, 0.1) is 18.6 Å². The molecule has 1 heterocycles. The average Bonchev–Trinajstić information content (AvgIpc) is 2.38. The van der Waals surface area contributed by atoms with E-state index >= 15 is 0 Å². The van der Waals surface area contributed by atoms with Crippen molar-refractivity contribution in [3.63, 3.8) is 0 Å². The standard InChI is InChI=1S/C13H11F2NO4/c1-3-20-13(19)8-5(2)16-10-6(11(8)17)4-7(14)9(15)12(10)18/h4,18H,3H2,1-2H3,(H,16,17). The molecule has 0 saturated carbocycles. The van der Waals surface area contributed by atoms with E-state index < -0.39 is 29.1 Å². The van der Waals surface area contributed by atoms with E-state index in [2.05, 4.69) is 4.98 Å². The molecule has 0 atom stereocenters. The van der Waals surface area contributed by atoms with E-state index in [0.717, 1.165) is 0 Å². The van der Waals surface area contributed by atoms with Gasteiger partial charge in [-0.05, 0) is 19.9 Å². The highest BCUT2D eigenvalue weighted by molar-refractivity contribution is 6.02. The highest BCUT2D eigenvalue weighted by Gasteiger charge is 2.24. The number of aryl methyl sites for hydroxylation is 1. The van der Waals surface area contributed by atoms with Crippen LogP contribution >= 0.6 is 0 Å². The number of pyridine rings is 1. The van der Waals surface area contributed by atoms with Crippen LogP contribution in [-0.4, -0.2) is 27.8 Å². The van der Waals surface area contributed by atoms with Crippen molar-refractivity contribution in [1.82, 2.24) is 4.98 Å². The molecule has 0 unspecified atom stereocenters. The summed E-state index contributed by atoms with van der Waals surface area (Å²) in [5.74, 6) is -5.28. The molecule has 0 spiro atoms. The van der Waals surface area contributed by atoms with E-state index in [-0.39, 0.29) is 28.8 Å². The zero-order chi connectivity index (χ0) is 15.0. The fourth-order valence-electron chi connectivity index (χ4n) is 1.87. The summed E-state index contributed by atoms with van der Waals surface area (Å²) >= 11 is 0. The summed E-state index contributed by atoms with van der Waals surface area (Å²) in [5.41, 5.74) is -0.536. The van der Waals surface area contributed by atoms with Crippen LogP contribution in [0.4, 0.5) is 8.78 Å². The quantitative estimate of drug-likeness (QED) is 0.827. The van der Waals surface area contributed by atoms with E-state index in [0.29, 0.717) is 6.07 Å². The Morgan fingerprint density at radius 3 is 2.60 bits per heavy atom. The third-order valence-electron chi connectivity index (χ3n) is 2.78. The fourth-order valence-corrected chi connectivity index (χ4v) is 1.87. The van der Waals surface area contributed by atoms with Gasteiger partial charge in [0.1, 0.15) is 16.8 Å². The summed E-state index contributed by atoms with van der Waals surface area (Å²) in [7, 11) is 0. The van der Waals surface area contributed by atoms with Gasteiger partial charge in [-0.15, -0.1) is 0 Å². The van der Waals surface area contributed by atoms with Gasteiger partial charge in [0.05, 0.1) is 12.3 Å². The average molecular weight is 283 g/mol. The summed E-state index contributed by atoms with van der Waals surface area (Å²) in [6.07, 6.45) is 0. The molecule has 0 aliphatic rings. The van der Waals surface area contributed by atoms with Crippen LogP contribution in [-0.2, 0) is 4.74 Å². The number of phenols is 1. The molecular formula is C13H11F2NO4. The van der Waals surface area contributed by atoms with E-state index in [1.54, 1.807) is 6.92 Å². The van der Waals surface area contributed by atoms with Gasteiger partial charge in [-0.2, -0.15) is 4.39 Å². The van der Waals surface area contributed by atoms with Gasteiger partial charge in [-0.1, -0.05) is 0 Å². The molecule has 2 rings (SSSR count). The van der Waals surface area contributed by atoms with Crippen molar-refractivity contribution in [2.45, 2.75) is 13.8 Å². The van der Waals surface area contributed by atoms with Gasteiger partial charge >= 0.3 is 5.97 Å². The van der Waals surface area contributed by atoms with E-state index in [1.807, 2.05) is 0 Å². The summed E-state index contributed by atoms with van der Waals surface area (Å²) in [6, 6.07) is 0.662. The van der Waals surface area contributed by atoms with E-state index in [9.17, 15) is 23.8 Å². The maximum absolute atomic E-state index is 13.3. The molecular weight excluding hydrogens is 272 g/mol. The minimum atomic E-state index is -1.47. The van der Waals surface area contributed by atoms with E-state index in [1.165, 1.54) is 6.92 Å². The maximum atomic E-state index is 13.3. The van der Waals surface area contributed by atoms with Crippen molar-refractivity contribution in [2.24, 2.45) is 0 Å². The van der Waals surface area contributed by atoms with Crippen molar-refractivity contribution < 1.29 is 28.5 Å². The monoisotopic (exact) mass is 283 g/mol. The maximum Gasteiger partial charge on any atom is 0.343 e. The minimum Gasteiger partial charge on any atom is -0.506 e. The molecule has 0 saturated heterocycles. The molecule has 0 aliphatic carbocycles. The molecule has 2 N–H and O–H groups in total. The second-order valence-electron chi connectivity index (χ2n) is 4.06. The van der Waals surface area contributed by atoms with Gasteiger partial charge in [-0.25, -0.2) is 14.2 Å². The Bertz CT molecular complexity index is 716. The third kappa shape index (κ3) is 2.01. The summed E-state index contributed by atoms with van der Waals surface area (Å²) in [4.78, 5) is 15.5. The largest absolute Gasteiger partial charge is 0.506 e. The van der Waals surface area contributed by atoms with Crippen molar-refractivity contribution in [2.75, 3.05) is 6.61 Å². The topological polar surface area (TPSA) is 79.7 Å². The second kappa shape index (κ2) is 4.92. The first-order chi connectivity index (χ1) is 9.38. The number of aromatic hydroxyl groups is 2. The number of carbonyl (C=O) groups excluding carboxylic acids is 1. The SMILES string of the molecule is CCOC(=O)c1c(C)nc2c(O)c(F)c(F)cc2c1O. The molecule has 106 valence electrons. The third-order valence-corrected chi connectivity index (χ3v) is 2.78. The Balaban J connectivity index is 2.82. The van der Waals surface area contributed by atoms with Crippen molar-refractivity contribution in [3.05, 3.63) is 29.0 Å². The van der Waals surface area contributed by atoms with Crippen molar-refractivity contribution in [1.29, 1.82) is 0 Å². The Labute approximate surface area is 112 Å². The lowest BCUT2D eigenvalue weighted by molar-refractivity contribution is 0.0522. The van der Waals surface area contributed by atoms with Crippen LogP contribution < -0.4 is 0 Å². The first-order valence-corrected chi connectivity index (χ1v) is 5.75. The molecule has 0 bridgehead atoms. The first-order valence-electron chi connectivity index (χ1n) is 5.75. The fraction of sp³-hybridized carbons (Fsp3) is 0.231. The molecule has 0 aliphatic heterocycles. The lowest BCUT2D eigenvalue weighted by Crippen LogP contribution is -2.09. The molecule has 7 heteroatoms. The molecule has 1 aromatic carbocycles. The van der Waals surface area contributed by atoms with Crippen molar-refractivity contribution in [3.8, 4) is 11.5 Å². The van der Waals surface area contributed by atoms with Crippen LogP contribution in [0.25, 0.3) is 10.9 Å². The molecule has 2 aromatic rings. The van der Waals surface area contributed by atoms with Gasteiger partial charge < -0.3 is 14.9 Å². The van der Waals surface area contributed by atoms with Crippen molar-refractivity contribution >= 4 is 16.9 Å². The summed E-state index contributed by atoms with van der Waals surface area (Å²) in [5, 5.41) is 19.3. The smallest absolute Gasteiger partial charge is 0.343 e. The summed E-state index contributed by atoms with van der Waals surface area (Å²) in [6.45, 7) is 3.05. The first kappa shape index (κ1) is 14.0. The number of aromatic nitrogens is 1. The van der Waals surface area contributed by atoms with Gasteiger partial charge in [0.15, 0.2) is 11.6 Å². The van der Waals surface area contributed by atoms with Crippen LogP contribution in [0.5, 0.6) is 11.5 Å². The Morgan fingerprint density at radius 1 is 1.35 bits per heavy atom. The molecule has 0 radical (unpaired) electrons. The predicted molar refractivity (Wildman–Crippen MR) is 65.7 cm³/mol. The lowest BCUT2D eigenvalue weighted by atomic mass is 10.1. The number of benzene rings is 1. The Morgan fingerprint density at radius 2 is 2.00 bits per heavy atom. The van der Waals surface area contributed by atoms with Crippen LogP contribution in [0.15, 0.2) is 6.07 Å². The highest BCUT2D eigenvalue weighted by atomic mass is 19.2. The zero-order valence-corrected chi connectivity index (χ0v) is 10.7. The number of phenolic OH excluding ortho intramolecular Hbond substituents is 1. The van der Waals surface area contributed by atoms with Crippen LogP contribution in [0.2, 0.25) is 0 Å². The number of halogens is 2. The molecule has 5 nitrogen and oxygen atoms in total. The minimum absolute atomic E-state index is 0.0368. The van der Waals surface area contributed by atoms with Crippen LogP contribution in [0.3, 0.4) is 0 Å². The number of fused-ring (bicyclic) bond motifs is 1. The number of carbonyl (C=O) groups is 1. The summed E-state index contributed by atoms with van der Waals surface area (Å²) < 4.78 is 31.3. The molecule has 0 amide bonds. The Hall–Kier alpha value is -2.44. The number of hydrogen-bond donors (Lipinski definition) is 2. The van der Waals surface area contributed by atoms with E-state index in [4.69, 9.17) is 4.74 Å². The van der Waals surface area contributed by atoms with Gasteiger partial charge in [-0.3, -0.25) is 0 Å². The number of ether oxygens (including phenoxy) is 1. The lowest BCUT2D eigenvalue weighted by Gasteiger charge is -2.11. The Kier molecular flexibility index (Phi) is 3.44. The number of nitrogens with zero attached hydrogens (tertiary/aromatic N) is 1. The number of rotatable bonds is 2. The van der Waals surface area contributed by atoms with Gasteiger partial charge in [0, 0.05) is 5.39 Å². The number of esters is 1. The molecule has 1 aromatic heterocycles.